The Morgan fingerprint density at radius 2 is 1.18 bits per heavy atom. The van der Waals surface area contributed by atoms with Gasteiger partial charge in [0.25, 0.3) is 0 Å². The van der Waals surface area contributed by atoms with Gasteiger partial charge >= 0.3 is 0 Å². The van der Waals surface area contributed by atoms with Gasteiger partial charge in [-0.15, -0.1) is 0 Å². The predicted molar refractivity (Wildman–Crippen MR) is 139 cm³/mol. The van der Waals surface area contributed by atoms with Crippen LogP contribution in [-0.4, -0.2) is 62.3 Å². The molecular formula is C27H58N2O4. The number of ether oxygens (including phenoxy) is 1. The van der Waals surface area contributed by atoms with Crippen molar-refractivity contribution in [2.24, 2.45) is 5.73 Å². The highest BCUT2D eigenvalue weighted by Gasteiger charge is 2.06. The Morgan fingerprint density at radius 3 is 1.79 bits per heavy atom. The van der Waals surface area contributed by atoms with Crippen molar-refractivity contribution < 1.29 is 19.6 Å². The third-order valence-electron chi connectivity index (χ3n) is 6.08. The molecule has 0 bridgehead atoms. The van der Waals surface area contributed by atoms with Crippen molar-refractivity contribution in [3.05, 3.63) is 0 Å². The summed E-state index contributed by atoms with van der Waals surface area (Å²) in [5.74, 6) is 0. The van der Waals surface area contributed by atoms with E-state index in [0.717, 1.165) is 58.3 Å². The summed E-state index contributed by atoms with van der Waals surface area (Å²) in [5, 5.41) is 9.99. The lowest BCUT2D eigenvalue weighted by atomic mass is 10.1. The van der Waals surface area contributed by atoms with Crippen molar-refractivity contribution in [3.63, 3.8) is 0 Å². The highest BCUT2D eigenvalue weighted by Crippen LogP contribution is 2.11. The van der Waals surface area contributed by atoms with Crippen molar-refractivity contribution in [2.75, 3.05) is 46.0 Å². The molecule has 0 aliphatic carbocycles. The van der Waals surface area contributed by atoms with E-state index in [1.807, 2.05) is 6.92 Å². The van der Waals surface area contributed by atoms with Gasteiger partial charge < -0.3 is 20.5 Å². The summed E-state index contributed by atoms with van der Waals surface area (Å²) in [4.78, 5) is 12.4. The second-order valence-electron chi connectivity index (χ2n) is 9.28. The summed E-state index contributed by atoms with van der Waals surface area (Å²) in [6, 6.07) is 0. The van der Waals surface area contributed by atoms with Crippen molar-refractivity contribution >= 4 is 0 Å². The first-order valence-corrected chi connectivity index (χ1v) is 14.2. The molecule has 6 heteroatoms. The Hall–Kier alpha value is -0.240. The first-order chi connectivity index (χ1) is 16.2. The summed E-state index contributed by atoms with van der Waals surface area (Å²) in [6.07, 6.45) is 19.8. The maximum Gasteiger partial charge on any atom is 0.154 e. The van der Waals surface area contributed by atoms with Crippen LogP contribution < -0.4 is 5.73 Å². The van der Waals surface area contributed by atoms with E-state index < -0.39 is 6.29 Å². The van der Waals surface area contributed by atoms with Crippen molar-refractivity contribution in [1.82, 2.24) is 4.90 Å². The van der Waals surface area contributed by atoms with Gasteiger partial charge in [0.05, 0.1) is 13.2 Å². The SMILES string of the molecule is CCCCCCCCCOC(O)CCCCCCN(CCN)CCCCCCCOOCC. The normalized spacial score (nSPS) is 12.6. The Labute approximate surface area is 205 Å². The number of hydrogen-bond donors (Lipinski definition) is 2. The van der Waals surface area contributed by atoms with Gasteiger partial charge in [-0.25, -0.2) is 9.78 Å². The predicted octanol–water partition coefficient (Wildman–Crippen LogP) is 6.20. The van der Waals surface area contributed by atoms with E-state index in [1.54, 1.807) is 0 Å². The van der Waals surface area contributed by atoms with Gasteiger partial charge in [-0.3, -0.25) is 0 Å². The third kappa shape index (κ3) is 26.2. The molecule has 33 heavy (non-hydrogen) atoms. The molecule has 0 aliphatic heterocycles. The van der Waals surface area contributed by atoms with Gasteiger partial charge in [-0.2, -0.15) is 0 Å². The van der Waals surface area contributed by atoms with Gasteiger partial charge in [0.1, 0.15) is 0 Å². The lowest BCUT2D eigenvalue weighted by molar-refractivity contribution is -0.291. The number of nitrogens with zero attached hydrogens (tertiary/aromatic N) is 1. The van der Waals surface area contributed by atoms with E-state index in [4.69, 9.17) is 20.2 Å². The standard InChI is InChI=1S/C27H58N2O4/c1-3-5-6-7-8-13-18-25-31-27(30)20-15-10-12-17-23-29(24-21-28)22-16-11-9-14-19-26-33-32-4-2/h27,30H,3-26,28H2,1-2H3. The van der Waals surface area contributed by atoms with Crippen LogP contribution >= 0.6 is 0 Å². The molecule has 3 N–H and O–H groups in total. The quantitative estimate of drug-likeness (QED) is 0.0608. The van der Waals surface area contributed by atoms with Gasteiger partial charge in [-0.05, 0) is 58.5 Å². The van der Waals surface area contributed by atoms with Crippen molar-refractivity contribution in [2.45, 2.75) is 129 Å². The Bertz CT molecular complexity index is 361. The van der Waals surface area contributed by atoms with E-state index in [-0.39, 0.29) is 0 Å². The molecule has 0 saturated heterocycles. The molecule has 0 aromatic rings. The monoisotopic (exact) mass is 474 g/mol. The number of hydrogen-bond acceptors (Lipinski definition) is 6. The number of nitrogens with two attached hydrogens (primary N) is 1. The summed E-state index contributed by atoms with van der Waals surface area (Å²) in [6.45, 7) is 10.2. The molecule has 0 aromatic carbocycles. The molecule has 0 rings (SSSR count). The zero-order chi connectivity index (χ0) is 24.2. The van der Waals surface area contributed by atoms with Gasteiger partial charge in [0.2, 0.25) is 0 Å². The topological polar surface area (TPSA) is 77.2 Å². The van der Waals surface area contributed by atoms with Crippen LogP contribution in [0.15, 0.2) is 0 Å². The minimum Gasteiger partial charge on any atom is -0.368 e. The van der Waals surface area contributed by atoms with Crippen molar-refractivity contribution in [3.8, 4) is 0 Å². The fourth-order valence-electron chi connectivity index (χ4n) is 4.06. The second-order valence-corrected chi connectivity index (χ2v) is 9.28. The molecule has 0 spiro atoms. The highest BCUT2D eigenvalue weighted by atomic mass is 17.2. The molecular weight excluding hydrogens is 416 g/mol. The Morgan fingerprint density at radius 1 is 0.636 bits per heavy atom. The summed E-state index contributed by atoms with van der Waals surface area (Å²) < 4.78 is 5.56. The average Bonchev–Trinajstić information content (AvgIpc) is 2.81. The molecule has 200 valence electrons. The number of rotatable bonds is 28. The number of aliphatic hydroxyl groups is 1. The van der Waals surface area contributed by atoms with Crippen LogP contribution in [0.4, 0.5) is 0 Å². The molecule has 0 radical (unpaired) electrons. The molecule has 0 heterocycles. The molecule has 1 unspecified atom stereocenters. The van der Waals surface area contributed by atoms with E-state index >= 15 is 0 Å². The van der Waals surface area contributed by atoms with E-state index in [0.29, 0.717) is 19.8 Å². The van der Waals surface area contributed by atoms with Crippen LogP contribution in [0.3, 0.4) is 0 Å². The Balaban J connectivity index is 3.49. The van der Waals surface area contributed by atoms with Crippen LogP contribution in [0.2, 0.25) is 0 Å². The average molecular weight is 475 g/mol. The molecule has 0 aliphatic rings. The van der Waals surface area contributed by atoms with Crippen molar-refractivity contribution in [1.29, 1.82) is 0 Å². The largest absolute Gasteiger partial charge is 0.368 e. The lowest BCUT2D eigenvalue weighted by Crippen LogP contribution is -2.31. The molecule has 0 fully saturated rings. The minimum absolute atomic E-state index is 0.579. The molecule has 0 amide bonds. The smallest absolute Gasteiger partial charge is 0.154 e. The summed E-state index contributed by atoms with van der Waals surface area (Å²) >= 11 is 0. The maximum atomic E-state index is 9.99. The minimum atomic E-state index is -0.579. The zero-order valence-electron chi connectivity index (χ0n) is 22.2. The van der Waals surface area contributed by atoms with Crippen LogP contribution in [0, 0.1) is 0 Å². The van der Waals surface area contributed by atoms with Gasteiger partial charge in [-0.1, -0.05) is 77.6 Å². The van der Waals surface area contributed by atoms with Crippen LogP contribution in [-0.2, 0) is 14.5 Å². The van der Waals surface area contributed by atoms with Crippen LogP contribution in [0.25, 0.3) is 0 Å². The second kappa shape index (κ2) is 28.0. The lowest BCUT2D eigenvalue weighted by Gasteiger charge is -2.21. The summed E-state index contributed by atoms with van der Waals surface area (Å²) in [7, 11) is 0. The highest BCUT2D eigenvalue weighted by molar-refractivity contribution is 4.60. The third-order valence-corrected chi connectivity index (χ3v) is 6.08. The molecule has 6 nitrogen and oxygen atoms in total. The fraction of sp³-hybridized carbons (Fsp3) is 1.00. The first-order valence-electron chi connectivity index (χ1n) is 14.2. The molecule has 0 saturated carbocycles. The zero-order valence-corrected chi connectivity index (χ0v) is 22.2. The Kier molecular flexibility index (Phi) is 27.8. The molecule has 0 aromatic heterocycles. The van der Waals surface area contributed by atoms with Gasteiger partial charge in [0, 0.05) is 19.7 Å². The summed E-state index contributed by atoms with van der Waals surface area (Å²) in [5.41, 5.74) is 5.80. The van der Waals surface area contributed by atoms with Crippen LogP contribution in [0.5, 0.6) is 0 Å². The van der Waals surface area contributed by atoms with Gasteiger partial charge in [0.15, 0.2) is 6.29 Å². The molecule has 1 atom stereocenters. The first kappa shape index (κ1) is 32.8. The maximum absolute atomic E-state index is 9.99. The van der Waals surface area contributed by atoms with E-state index in [2.05, 4.69) is 11.8 Å². The number of unbranched alkanes of at least 4 members (excludes halogenated alkanes) is 13. The fourth-order valence-corrected chi connectivity index (χ4v) is 4.06. The van der Waals surface area contributed by atoms with E-state index in [9.17, 15) is 5.11 Å². The number of aliphatic hydroxyl groups excluding tert-OH is 1. The van der Waals surface area contributed by atoms with Crippen LogP contribution in [0.1, 0.15) is 123 Å². The van der Waals surface area contributed by atoms with E-state index in [1.165, 1.54) is 77.0 Å².